The standard InChI is InChI=1S/C38H25N3/c1-2-11-27(12-3-1)38-40-34-17-9-8-16-33(34)37(41-38)32-15-7-6-14-31(32)36-29-13-5-4-10-25(29)20-21-30(36)28-19-18-26-22-23-39-35(26)24-28/h1-21,23-24H,22H2. The summed E-state index contributed by atoms with van der Waals surface area (Å²) in [7, 11) is 0. The molecule has 0 aliphatic carbocycles. The lowest BCUT2D eigenvalue weighted by atomic mass is 9.86. The first kappa shape index (κ1) is 23.5. The molecular weight excluding hydrogens is 498 g/mol. The van der Waals surface area contributed by atoms with Crippen LogP contribution in [0.2, 0.25) is 0 Å². The summed E-state index contributed by atoms with van der Waals surface area (Å²) in [5.41, 5.74) is 11.0. The predicted octanol–water partition coefficient (Wildman–Crippen LogP) is 9.71. The lowest BCUT2D eigenvalue weighted by Crippen LogP contribution is -1.97. The van der Waals surface area contributed by atoms with Gasteiger partial charge >= 0.3 is 0 Å². The largest absolute Gasteiger partial charge is 0.261 e. The van der Waals surface area contributed by atoms with Gasteiger partial charge in [0.25, 0.3) is 0 Å². The van der Waals surface area contributed by atoms with Crippen LogP contribution < -0.4 is 0 Å². The summed E-state index contributed by atoms with van der Waals surface area (Å²) in [5, 5.41) is 3.45. The van der Waals surface area contributed by atoms with Crippen LogP contribution in [0.1, 0.15) is 5.56 Å². The molecule has 7 aromatic rings. The molecule has 2 heterocycles. The second-order valence-corrected chi connectivity index (χ2v) is 10.4. The zero-order valence-corrected chi connectivity index (χ0v) is 22.3. The highest BCUT2D eigenvalue weighted by Gasteiger charge is 2.20. The van der Waals surface area contributed by atoms with Gasteiger partial charge < -0.3 is 0 Å². The van der Waals surface area contributed by atoms with E-state index in [0.29, 0.717) is 0 Å². The Morgan fingerprint density at radius 2 is 1.27 bits per heavy atom. The highest BCUT2D eigenvalue weighted by molar-refractivity contribution is 6.09. The fraction of sp³-hybridized carbons (Fsp3) is 0.0263. The summed E-state index contributed by atoms with van der Waals surface area (Å²) in [4.78, 5) is 14.8. The van der Waals surface area contributed by atoms with E-state index >= 15 is 0 Å². The number of hydrogen-bond acceptors (Lipinski definition) is 3. The quantitative estimate of drug-likeness (QED) is 0.230. The highest BCUT2D eigenvalue weighted by Crippen LogP contribution is 2.44. The van der Waals surface area contributed by atoms with Gasteiger partial charge in [0.2, 0.25) is 0 Å². The van der Waals surface area contributed by atoms with Crippen LogP contribution in [0.3, 0.4) is 0 Å². The smallest absolute Gasteiger partial charge is 0.160 e. The van der Waals surface area contributed by atoms with Crippen molar-refractivity contribution in [1.29, 1.82) is 0 Å². The average Bonchev–Trinajstić information content (AvgIpc) is 3.52. The number of benzene rings is 6. The maximum Gasteiger partial charge on any atom is 0.160 e. The summed E-state index contributed by atoms with van der Waals surface area (Å²) in [6.45, 7) is 0. The van der Waals surface area contributed by atoms with Crippen molar-refractivity contribution < 1.29 is 0 Å². The van der Waals surface area contributed by atoms with Crippen molar-refractivity contribution in [3.63, 3.8) is 0 Å². The Hall–Kier alpha value is -5.41. The van der Waals surface area contributed by atoms with E-state index in [1.54, 1.807) is 0 Å². The molecule has 0 saturated heterocycles. The molecule has 41 heavy (non-hydrogen) atoms. The van der Waals surface area contributed by atoms with Crippen LogP contribution in [0.25, 0.3) is 66.6 Å². The van der Waals surface area contributed by atoms with E-state index in [0.717, 1.165) is 56.8 Å². The molecule has 0 saturated carbocycles. The van der Waals surface area contributed by atoms with Crippen LogP contribution in [0.4, 0.5) is 5.69 Å². The highest BCUT2D eigenvalue weighted by atomic mass is 14.9. The number of nitrogens with zero attached hydrogens (tertiary/aromatic N) is 3. The summed E-state index contributed by atoms with van der Waals surface area (Å²) in [6.07, 6.45) is 2.89. The molecule has 0 atom stereocenters. The normalized spacial score (nSPS) is 12.2. The van der Waals surface area contributed by atoms with Gasteiger partial charge in [0.1, 0.15) is 0 Å². The molecule has 0 unspecified atom stereocenters. The number of hydrogen-bond donors (Lipinski definition) is 0. The van der Waals surface area contributed by atoms with Crippen molar-refractivity contribution in [2.75, 3.05) is 0 Å². The minimum Gasteiger partial charge on any atom is -0.261 e. The van der Waals surface area contributed by atoms with Crippen molar-refractivity contribution in [2.24, 2.45) is 4.99 Å². The fourth-order valence-corrected chi connectivity index (χ4v) is 5.97. The zero-order chi connectivity index (χ0) is 27.2. The topological polar surface area (TPSA) is 38.1 Å². The number of aromatic nitrogens is 2. The van der Waals surface area contributed by atoms with Crippen LogP contribution in [0.15, 0.2) is 138 Å². The Morgan fingerprint density at radius 1 is 0.512 bits per heavy atom. The minimum atomic E-state index is 0.726. The Kier molecular flexibility index (Phi) is 5.53. The van der Waals surface area contributed by atoms with Crippen LogP contribution >= 0.6 is 0 Å². The average molecular weight is 524 g/mol. The van der Waals surface area contributed by atoms with Gasteiger partial charge in [0.15, 0.2) is 5.82 Å². The Labute approximate surface area is 238 Å². The van der Waals surface area contributed by atoms with Crippen molar-refractivity contribution in [3.8, 4) is 44.9 Å². The van der Waals surface area contributed by atoms with E-state index in [9.17, 15) is 0 Å². The molecular formula is C38H25N3. The van der Waals surface area contributed by atoms with E-state index in [1.165, 1.54) is 27.5 Å². The van der Waals surface area contributed by atoms with Gasteiger partial charge in [-0.25, -0.2) is 9.97 Å². The fourth-order valence-electron chi connectivity index (χ4n) is 5.97. The molecule has 1 aromatic heterocycles. The van der Waals surface area contributed by atoms with Crippen LogP contribution in [-0.4, -0.2) is 16.2 Å². The lowest BCUT2D eigenvalue weighted by molar-refractivity contribution is 1.23. The Balaban J connectivity index is 1.43. The molecule has 1 aliphatic heterocycles. The summed E-state index contributed by atoms with van der Waals surface area (Å²) < 4.78 is 0. The van der Waals surface area contributed by atoms with Crippen LogP contribution in [-0.2, 0) is 6.42 Å². The maximum absolute atomic E-state index is 5.23. The van der Waals surface area contributed by atoms with Crippen molar-refractivity contribution >= 4 is 33.6 Å². The molecule has 0 bridgehead atoms. The number of fused-ring (bicyclic) bond motifs is 3. The molecule has 0 amide bonds. The first-order valence-electron chi connectivity index (χ1n) is 13.9. The first-order chi connectivity index (χ1) is 20.3. The van der Waals surface area contributed by atoms with Gasteiger partial charge in [0.05, 0.1) is 16.9 Å². The van der Waals surface area contributed by atoms with E-state index < -0.39 is 0 Å². The third-order valence-corrected chi connectivity index (χ3v) is 7.95. The van der Waals surface area contributed by atoms with E-state index in [-0.39, 0.29) is 0 Å². The van der Waals surface area contributed by atoms with Gasteiger partial charge in [-0.1, -0.05) is 121 Å². The second kappa shape index (κ2) is 9.65. The number of para-hydroxylation sites is 1. The number of aliphatic imine (C=N–C) groups is 1. The molecule has 6 aromatic carbocycles. The monoisotopic (exact) mass is 523 g/mol. The van der Waals surface area contributed by atoms with Gasteiger partial charge in [-0.2, -0.15) is 0 Å². The lowest BCUT2D eigenvalue weighted by Gasteiger charge is -2.18. The van der Waals surface area contributed by atoms with E-state index in [1.807, 2.05) is 30.5 Å². The zero-order valence-electron chi connectivity index (χ0n) is 22.3. The minimum absolute atomic E-state index is 0.726. The summed E-state index contributed by atoms with van der Waals surface area (Å²) in [6, 6.07) is 47.0. The molecule has 8 rings (SSSR count). The van der Waals surface area contributed by atoms with Crippen molar-refractivity contribution in [2.45, 2.75) is 6.42 Å². The van der Waals surface area contributed by atoms with Crippen molar-refractivity contribution in [1.82, 2.24) is 9.97 Å². The molecule has 0 N–H and O–H groups in total. The maximum atomic E-state index is 5.23. The molecule has 0 spiro atoms. The number of rotatable bonds is 4. The van der Waals surface area contributed by atoms with Gasteiger partial charge in [-0.15, -0.1) is 0 Å². The molecule has 0 fully saturated rings. The van der Waals surface area contributed by atoms with Crippen molar-refractivity contribution in [3.05, 3.63) is 139 Å². The molecule has 3 heteroatoms. The van der Waals surface area contributed by atoms with Gasteiger partial charge in [-0.05, 0) is 50.7 Å². The van der Waals surface area contributed by atoms with E-state index in [2.05, 4.69) is 114 Å². The Bertz CT molecular complexity index is 2130. The summed E-state index contributed by atoms with van der Waals surface area (Å²) >= 11 is 0. The Morgan fingerprint density at radius 3 is 2.17 bits per heavy atom. The third-order valence-electron chi connectivity index (χ3n) is 7.95. The van der Waals surface area contributed by atoms with E-state index in [4.69, 9.17) is 9.97 Å². The summed E-state index contributed by atoms with van der Waals surface area (Å²) in [5.74, 6) is 0.726. The SMILES string of the molecule is C1=Nc2cc(-c3ccc4ccccc4c3-c3ccccc3-c3nc(-c4ccccc4)nc4ccccc34)ccc2C1. The van der Waals surface area contributed by atoms with Gasteiger partial charge in [0, 0.05) is 29.1 Å². The molecule has 3 nitrogen and oxygen atoms in total. The third kappa shape index (κ3) is 4.02. The predicted molar refractivity (Wildman–Crippen MR) is 171 cm³/mol. The van der Waals surface area contributed by atoms with Crippen LogP contribution in [0.5, 0.6) is 0 Å². The molecule has 0 radical (unpaired) electrons. The molecule has 192 valence electrons. The molecule has 1 aliphatic rings. The first-order valence-corrected chi connectivity index (χ1v) is 13.9. The van der Waals surface area contributed by atoms with Crippen LogP contribution in [0, 0.1) is 0 Å². The van der Waals surface area contributed by atoms with Gasteiger partial charge in [-0.3, -0.25) is 4.99 Å². The second-order valence-electron chi connectivity index (χ2n) is 10.4.